The molecule has 0 aliphatic carbocycles. The highest BCUT2D eigenvalue weighted by Crippen LogP contribution is 2.29. The summed E-state index contributed by atoms with van der Waals surface area (Å²) >= 11 is 1.15. The van der Waals surface area contributed by atoms with Crippen LogP contribution in [0.1, 0.15) is 27.7 Å². The number of carbonyl (C=O) groups excluding carboxylic acids is 1. The van der Waals surface area contributed by atoms with Gasteiger partial charge < -0.3 is 15.2 Å². The molecule has 9 heteroatoms. The van der Waals surface area contributed by atoms with Gasteiger partial charge in [-0.3, -0.25) is 9.59 Å². The standard InChI is InChI=1S/C21H16F3NO4S/c22-21(23,24)29-16-8-6-13(7-9-16)15-10-18(30-12-15)20(28)25-17(11-19(26)27)14-4-2-1-3-5-14/h1-10,12,17H,11H2,(H,25,28)(H,26,27)/t17-/m0/s1. The van der Waals surface area contributed by atoms with Crippen LogP contribution in [0.5, 0.6) is 5.75 Å². The summed E-state index contributed by atoms with van der Waals surface area (Å²) < 4.78 is 40.6. The lowest BCUT2D eigenvalue weighted by molar-refractivity contribution is -0.274. The zero-order valence-corrected chi connectivity index (χ0v) is 16.2. The molecule has 0 unspecified atom stereocenters. The van der Waals surface area contributed by atoms with Gasteiger partial charge in [0.05, 0.1) is 17.3 Å². The topological polar surface area (TPSA) is 75.6 Å². The summed E-state index contributed by atoms with van der Waals surface area (Å²) in [5.41, 5.74) is 1.94. The van der Waals surface area contributed by atoms with E-state index in [4.69, 9.17) is 5.11 Å². The van der Waals surface area contributed by atoms with Gasteiger partial charge in [0.25, 0.3) is 5.91 Å². The number of carboxylic acid groups (broad SMARTS) is 1. The van der Waals surface area contributed by atoms with Crippen LogP contribution in [-0.4, -0.2) is 23.3 Å². The highest BCUT2D eigenvalue weighted by Gasteiger charge is 2.31. The number of aliphatic carboxylic acids is 1. The Morgan fingerprint density at radius 1 is 1.03 bits per heavy atom. The van der Waals surface area contributed by atoms with Crippen molar-refractivity contribution in [1.29, 1.82) is 0 Å². The number of hydrogen-bond acceptors (Lipinski definition) is 4. The van der Waals surface area contributed by atoms with Crippen LogP contribution in [0.15, 0.2) is 66.0 Å². The molecule has 0 spiro atoms. The maximum Gasteiger partial charge on any atom is 0.573 e. The Morgan fingerprint density at radius 2 is 1.70 bits per heavy atom. The zero-order valence-electron chi connectivity index (χ0n) is 15.3. The van der Waals surface area contributed by atoms with Crippen LogP contribution >= 0.6 is 11.3 Å². The summed E-state index contributed by atoms with van der Waals surface area (Å²) in [6.45, 7) is 0. The van der Waals surface area contributed by atoms with Crippen LogP contribution in [0.4, 0.5) is 13.2 Å². The number of hydrogen-bond donors (Lipinski definition) is 2. The molecule has 5 nitrogen and oxygen atoms in total. The van der Waals surface area contributed by atoms with Crippen molar-refractivity contribution < 1.29 is 32.6 Å². The van der Waals surface area contributed by atoms with Gasteiger partial charge in [-0.15, -0.1) is 24.5 Å². The van der Waals surface area contributed by atoms with Gasteiger partial charge in [-0.25, -0.2) is 0 Å². The fourth-order valence-electron chi connectivity index (χ4n) is 2.80. The number of ether oxygens (including phenoxy) is 1. The third-order valence-electron chi connectivity index (χ3n) is 4.13. The number of benzene rings is 2. The summed E-state index contributed by atoms with van der Waals surface area (Å²) in [6.07, 6.45) is -5.03. The molecule has 0 saturated carbocycles. The predicted molar refractivity (Wildman–Crippen MR) is 105 cm³/mol. The monoisotopic (exact) mass is 435 g/mol. The van der Waals surface area contributed by atoms with Crippen LogP contribution in [0.3, 0.4) is 0 Å². The largest absolute Gasteiger partial charge is 0.573 e. The Bertz CT molecular complexity index is 1020. The van der Waals surface area contributed by atoms with Crippen LogP contribution < -0.4 is 10.1 Å². The summed E-state index contributed by atoms with van der Waals surface area (Å²) in [5, 5.41) is 13.6. The highest BCUT2D eigenvalue weighted by atomic mass is 32.1. The van der Waals surface area contributed by atoms with E-state index in [2.05, 4.69) is 10.1 Å². The Balaban J connectivity index is 1.73. The van der Waals surface area contributed by atoms with E-state index in [0.29, 0.717) is 21.6 Å². The molecular formula is C21H16F3NO4S. The van der Waals surface area contributed by atoms with Gasteiger partial charge in [-0.1, -0.05) is 42.5 Å². The van der Waals surface area contributed by atoms with Crippen molar-refractivity contribution in [3.8, 4) is 16.9 Å². The molecule has 0 saturated heterocycles. The van der Waals surface area contributed by atoms with E-state index in [9.17, 15) is 22.8 Å². The second kappa shape index (κ2) is 9.00. The second-order valence-electron chi connectivity index (χ2n) is 6.31. The molecule has 3 aromatic rings. The van der Waals surface area contributed by atoms with Gasteiger partial charge in [0, 0.05) is 0 Å². The van der Waals surface area contributed by atoms with E-state index < -0.39 is 24.3 Å². The third kappa shape index (κ3) is 5.84. The molecule has 1 amide bonds. The van der Waals surface area contributed by atoms with Gasteiger partial charge in [-0.2, -0.15) is 0 Å². The molecule has 0 radical (unpaired) electrons. The van der Waals surface area contributed by atoms with E-state index in [1.54, 1.807) is 41.8 Å². The lowest BCUT2D eigenvalue weighted by Crippen LogP contribution is -2.29. The normalized spacial score (nSPS) is 12.2. The number of halogens is 3. The first-order valence-electron chi connectivity index (χ1n) is 8.73. The SMILES string of the molecule is O=C(O)C[C@H](NC(=O)c1cc(-c2ccc(OC(F)(F)F)cc2)cs1)c1ccccc1. The number of alkyl halides is 3. The molecule has 2 aromatic carbocycles. The number of thiophene rings is 1. The van der Waals surface area contributed by atoms with Crippen LogP contribution in [-0.2, 0) is 4.79 Å². The third-order valence-corrected chi connectivity index (χ3v) is 5.06. The Labute approximate surface area is 173 Å². The highest BCUT2D eigenvalue weighted by molar-refractivity contribution is 7.12. The molecule has 2 N–H and O–H groups in total. The van der Waals surface area contributed by atoms with Crippen molar-refractivity contribution in [3.05, 3.63) is 76.5 Å². The number of carboxylic acids is 1. The van der Waals surface area contributed by atoms with Crippen molar-refractivity contribution in [2.75, 3.05) is 0 Å². The van der Waals surface area contributed by atoms with E-state index in [1.165, 1.54) is 24.3 Å². The molecule has 0 aliphatic heterocycles. The number of rotatable bonds is 7. The first-order chi connectivity index (χ1) is 14.2. The molecule has 0 fully saturated rings. The summed E-state index contributed by atoms with van der Waals surface area (Å²) in [7, 11) is 0. The minimum atomic E-state index is -4.76. The van der Waals surface area contributed by atoms with E-state index in [-0.39, 0.29) is 12.2 Å². The van der Waals surface area contributed by atoms with Gasteiger partial charge in [0.2, 0.25) is 0 Å². The molecule has 156 valence electrons. The minimum absolute atomic E-state index is 0.269. The molecular weight excluding hydrogens is 419 g/mol. The van der Waals surface area contributed by atoms with E-state index >= 15 is 0 Å². The average Bonchev–Trinajstić information content (AvgIpc) is 3.17. The van der Waals surface area contributed by atoms with Gasteiger partial charge in [-0.05, 0) is 40.3 Å². The van der Waals surface area contributed by atoms with Gasteiger partial charge in [0.15, 0.2) is 0 Å². The number of carbonyl (C=O) groups is 2. The van der Waals surface area contributed by atoms with E-state index in [0.717, 1.165) is 11.3 Å². The van der Waals surface area contributed by atoms with Crippen molar-refractivity contribution in [2.24, 2.45) is 0 Å². The van der Waals surface area contributed by atoms with Gasteiger partial charge in [0.1, 0.15) is 5.75 Å². The molecule has 1 heterocycles. The first-order valence-corrected chi connectivity index (χ1v) is 9.61. The van der Waals surface area contributed by atoms with E-state index in [1.807, 2.05) is 0 Å². The Morgan fingerprint density at radius 3 is 2.30 bits per heavy atom. The summed E-state index contributed by atoms with van der Waals surface area (Å²) in [4.78, 5) is 24.2. The van der Waals surface area contributed by atoms with Crippen LogP contribution in [0.25, 0.3) is 11.1 Å². The van der Waals surface area contributed by atoms with Crippen molar-refractivity contribution >= 4 is 23.2 Å². The Kier molecular flexibility index (Phi) is 6.41. The predicted octanol–water partition coefficient (Wildman–Crippen LogP) is 5.26. The average molecular weight is 435 g/mol. The van der Waals surface area contributed by atoms with Crippen molar-refractivity contribution in [3.63, 3.8) is 0 Å². The summed E-state index contributed by atoms with van der Waals surface area (Å²) in [6, 6.07) is 15.0. The molecule has 0 aliphatic rings. The van der Waals surface area contributed by atoms with Gasteiger partial charge >= 0.3 is 12.3 Å². The lowest BCUT2D eigenvalue weighted by Gasteiger charge is -2.16. The smallest absolute Gasteiger partial charge is 0.481 e. The molecule has 3 rings (SSSR count). The van der Waals surface area contributed by atoms with Crippen molar-refractivity contribution in [1.82, 2.24) is 5.32 Å². The van der Waals surface area contributed by atoms with Crippen LogP contribution in [0.2, 0.25) is 0 Å². The number of amides is 1. The quantitative estimate of drug-likeness (QED) is 0.531. The fourth-order valence-corrected chi connectivity index (χ4v) is 3.62. The molecule has 30 heavy (non-hydrogen) atoms. The minimum Gasteiger partial charge on any atom is -0.481 e. The summed E-state index contributed by atoms with van der Waals surface area (Å²) in [5.74, 6) is -1.81. The van der Waals surface area contributed by atoms with Crippen LogP contribution in [0, 0.1) is 0 Å². The first kappa shape index (κ1) is 21.4. The zero-order chi connectivity index (χ0) is 21.7. The molecule has 0 bridgehead atoms. The number of nitrogens with one attached hydrogen (secondary N) is 1. The molecule has 1 atom stereocenters. The maximum absolute atomic E-state index is 12.6. The Hall–Kier alpha value is -3.33. The maximum atomic E-state index is 12.6. The molecule has 1 aromatic heterocycles. The second-order valence-corrected chi connectivity index (χ2v) is 7.22. The van der Waals surface area contributed by atoms with Crippen molar-refractivity contribution in [2.45, 2.75) is 18.8 Å². The lowest BCUT2D eigenvalue weighted by atomic mass is 10.0. The fraction of sp³-hybridized carbons (Fsp3) is 0.143.